The normalized spacial score (nSPS) is 22.2. The summed E-state index contributed by atoms with van der Waals surface area (Å²) < 4.78 is 0. The molecule has 0 saturated heterocycles. The first kappa shape index (κ1) is 14.2. The van der Waals surface area contributed by atoms with Crippen LogP contribution in [-0.4, -0.2) is 35.0 Å². The van der Waals surface area contributed by atoms with E-state index in [1.807, 2.05) is 30.8 Å². The first-order valence-corrected chi connectivity index (χ1v) is 8.06. The van der Waals surface area contributed by atoms with Crippen LogP contribution in [-0.2, 0) is 0 Å². The Balaban J connectivity index is 1.94. The van der Waals surface area contributed by atoms with Gasteiger partial charge in [0.1, 0.15) is 11.5 Å². The molecule has 1 aliphatic carbocycles. The number of amides is 1. The van der Waals surface area contributed by atoms with Crippen molar-refractivity contribution in [3.05, 3.63) is 23.9 Å². The smallest absolute Gasteiger partial charge is 0.270 e. The van der Waals surface area contributed by atoms with Gasteiger partial charge >= 0.3 is 0 Å². The highest BCUT2D eigenvalue weighted by Crippen LogP contribution is 2.28. The van der Waals surface area contributed by atoms with Gasteiger partial charge in [-0.3, -0.25) is 4.79 Å². The van der Waals surface area contributed by atoms with Crippen molar-refractivity contribution in [2.75, 3.05) is 18.1 Å². The molecule has 0 aromatic carbocycles. The molecular formula is C14H21N3OS. The SMILES string of the molecule is CCNc1cccc(C(=O)NC2CCC(SC)C2)n1. The van der Waals surface area contributed by atoms with Gasteiger partial charge in [-0.25, -0.2) is 4.98 Å². The Morgan fingerprint density at radius 3 is 3.00 bits per heavy atom. The highest BCUT2D eigenvalue weighted by atomic mass is 32.2. The van der Waals surface area contributed by atoms with Crippen molar-refractivity contribution in [1.82, 2.24) is 10.3 Å². The molecule has 19 heavy (non-hydrogen) atoms. The Labute approximate surface area is 118 Å². The maximum Gasteiger partial charge on any atom is 0.270 e. The summed E-state index contributed by atoms with van der Waals surface area (Å²) in [5.41, 5.74) is 0.492. The lowest BCUT2D eigenvalue weighted by Gasteiger charge is -2.13. The summed E-state index contributed by atoms with van der Waals surface area (Å²) >= 11 is 1.89. The van der Waals surface area contributed by atoms with E-state index in [0.717, 1.165) is 25.2 Å². The molecule has 0 aliphatic heterocycles. The van der Waals surface area contributed by atoms with Crippen LogP contribution in [0.25, 0.3) is 0 Å². The lowest BCUT2D eigenvalue weighted by Crippen LogP contribution is -2.33. The summed E-state index contributed by atoms with van der Waals surface area (Å²) in [4.78, 5) is 16.5. The molecule has 1 heterocycles. The fourth-order valence-corrected chi connectivity index (χ4v) is 3.18. The number of pyridine rings is 1. The molecule has 0 bridgehead atoms. The van der Waals surface area contributed by atoms with E-state index >= 15 is 0 Å². The number of nitrogens with zero attached hydrogens (tertiary/aromatic N) is 1. The Morgan fingerprint density at radius 1 is 1.47 bits per heavy atom. The van der Waals surface area contributed by atoms with Crippen LogP contribution in [0.1, 0.15) is 36.7 Å². The van der Waals surface area contributed by atoms with Gasteiger partial charge < -0.3 is 10.6 Å². The van der Waals surface area contributed by atoms with Crippen molar-refractivity contribution in [3.63, 3.8) is 0 Å². The molecule has 1 aromatic rings. The van der Waals surface area contributed by atoms with Crippen LogP contribution < -0.4 is 10.6 Å². The first-order valence-electron chi connectivity index (χ1n) is 6.77. The largest absolute Gasteiger partial charge is 0.370 e. The second kappa shape index (κ2) is 6.80. The summed E-state index contributed by atoms with van der Waals surface area (Å²) in [6.45, 7) is 2.81. The summed E-state index contributed by atoms with van der Waals surface area (Å²) in [6.07, 6.45) is 5.47. The van der Waals surface area contributed by atoms with Crippen LogP contribution in [0.3, 0.4) is 0 Å². The van der Waals surface area contributed by atoms with Gasteiger partial charge in [0.05, 0.1) is 0 Å². The Hall–Kier alpha value is -1.23. The van der Waals surface area contributed by atoms with Crippen LogP contribution in [0.5, 0.6) is 0 Å². The van der Waals surface area contributed by atoms with E-state index < -0.39 is 0 Å². The van der Waals surface area contributed by atoms with Crippen molar-refractivity contribution >= 4 is 23.5 Å². The van der Waals surface area contributed by atoms with E-state index in [4.69, 9.17) is 0 Å². The van der Waals surface area contributed by atoms with Crippen molar-refractivity contribution in [2.24, 2.45) is 0 Å². The maximum atomic E-state index is 12.1. The summed E-state index contributed by atoms with van der Waals surface area (Å²) in [5.74, 6) is 0.690. The highest BCUT2D eigenvalue weighted by Gasteiger charge is 2.25. The Kier molecular flexibility index (Phi) is 5.07. The lowest BCUT2D eigenvalue weighted by atomic mass is 10.2. The van der Waals surface area contributed by atoms with Crippen molar-refractivity contribution < 1.29 is 4.79 Å². The van der Waals surface area contributed by atoms with Crippen LogP contribution >= 0.6 is 11.8 Å². The summed E-state index contributed by atoms with van der Waals surface area (Å²) in [5, 5.41) is 6.89. The van der Waals surface area contributed by atoms with E-state index in [-0.39, 0.29) is 5.91 Å². The number of thioether (sulfide) groups is 1. The molecule has 2 N–H and O–H groups in total. The zero-order valence-corrected chi connectivity index (χ0v) is 12.3. The minimum absolute atomic E-state index is 0.0634. The monoisotopic (exact) mass is 279 g/mol. The van der Waals surface area contributed by atoms with Crippen molar-refractivity contribution in [3.8, 4) is 0 Å². The summed E-state index contributed by atoms with van der Waals surface area (Å²) in [6, 6.07) is 5.80. The molecule has 2 rings (SSSR count). The van der Waals surface area contributed by atoms with Gasteiger partial charge in [-0.15, -0.1) is 0 Å². The fraction of sp³-hybridized carbons (Fsp3) is 0.571. The van der Waals surface area contributed by atoms with Crippen molar-refractivity contribution in [2.45, 2.75) is 37.5 Å². The molecule has 1 amide bonds. The van der Waals surface area contributed by atoms with Crippen LogP contribution in [0, 0.1) is 0 Å². The average Bonchev–Trinajstić information content (AvgIpc) is 2.87. The molecule has 1 aliphatic rings. The van der Waals surface area contributed by atoms with Crippen molar-refractivity contribution in [1.29, 1.82) is 0 Å². The quantitative estimate of drug-likeness (QED) is 0.869. The van der Waals surface area contributed by atoms with Gasteiger partial charge in [0.2, 0.25) is 0 Å². The molecule has 2 unspecified atom stereocenters. The minimum Gasteiger partial charge on any atom is -0.370 e. The molecule has 104 valence electrons. The molecule has 1 fully saturated rings. The molecule has 1 saturated carbocycles. The number of hydrogen-bond donors (Lipinski definition) is 2. The minimum atomic E-state index is -0.0634. The lowest BCUT2D eigenvalue weighted by molar-refractivity contribution is 0.0933. The van der Waals surface area contributed by atoms with Gasteiger partial charge in [-0.2, -0.15) is 11.8 Å². The standard InChI is InChI=1S/C14H21N3OS/c1-3-15-13-6-4-5-12(17-13)14(18)16-10-7-8-11(9-10)19-2/h4-6,10-11H,3,7-9H2,1-2H3,(H,15,17)(H,16,18). The van der Waals surface area contributed by atoms with Gasteiger partial charge in [-0.05, 0) is 44.6 Å². The fourth-order valence-electron chi connectivity index (χ4n) is 2.39. The maximum absolute atomic E-state index is 12.1. The molecule has 0 radical (unpaired) electrons. The van der Waals surface area contributed by atoms with Crippen LogP contribution in [0.15, 0.2) is 18.2 Å². The molecule has 0 spiro atoms. The van der Waals surface area contributed by atoms with Crippen LogP contribution in [0.4, 0.5) is 5.82 Å². The Bertz CT molecular complexity index is 438. The molecular weight excluding hydrogens is 258 g/mol. The number of carbonyl (C=O) groups is 1. The Morgan fingerprint density at radius 2 is 2.32 bits per heavy atom. The third-order valence-electron chi connectivity index (χ3n) is 3.39. The molecule has 5 heteroatoms. The topological polar surface area (TPSA) is 54.0 Å². The average molecular weight is 279 g/mol. The van der Waals surface area contributed by atoms with Gasteiger partial charge in [0, 0.05) is 17.8 Å². The van der Waals surface area contributed by atoms with Gasteiger partial charge in [0.15, 0.2) is 0 Å². The highest BCUT2D eigenvalue weighted by molar-refractivity contribution is 7.99. The zero-order chi connectivity index (χ0) is 13.7. The van der Waals surface area contributed by atoms with E-state index in [0.29, 0.717) is 17.0 Å². The predicted octanol–water partition coefficient (Wildman–Crippen LogP) is 2.53. The van der Waals surface area contributed by atoms with Crippen LogP contribution in [0.2, 0.25) is 0 Å². The van der Waals surface area contributed by atoms with E-state index in [9.17, 15) is 4.79 Å². The van der Waals surface area contributed by atoms with E-state index in [2.05, 4.69) is 21.9 Å². The molecule has 4 nitrogen and oxygen atoms in total. The predicted molar refractivity (Wildman–Crippen MR) is 80.8 cm³/mol. The third-order valence-corrected chi connectivity index (χ3v) is 4.49. The summed E-state index contributed by atoms with van der Waals surface area (Å²) in [7, 11) is 0. The molecule has 1 aromatic heterocycles. The number of nitrogens with one attached hydrogen (secondary N) is 2. The van der Waals surface area contributed by atoms with Gasteiger partial charge in [0.25, 0.3) is 5.91 Å². The number of carbonyl (C=O) groups excluding carboxylic acids is 1. The first-order chi connectivity index (χ1) is 9.22. The van der Waals surface area contributed by atoms with E-state index in [1.54, 1.807) is 6.07 Å². The number of hydrogen-bond acceptors (Lipinski definition) is 4. The number of anilines is 1. The van der Waals surface area contributed by atoms with Gasteiger partial charge in [-0.1, -0.05) is 6.07 Å². The number of rotatable bonds is 5. The number of aromatic nitrogens is 1. The second-order valence-electron chi connectivity index (χ2n) is 4.78. The molecule has 2 atom stereocenters. The van der Waals surface area contributed by atoms with E-state index in [1.165, 1.54) is 6.42 Å². The zero-order valence-electron chi connectivity index (χ0n) is 11.5. The second-order valence-corrected chi connectivity index (χ2v) is 5.92. The third kappa shape index (κ3) is 3.86.